The van der Waals surface area contributed by atoms with Crippen LogP contribution < -0.4 is 11.3 Å². The molecule has 0 amide bonds. The van der Waals surface area contributed by atoms with Gasteiger partial charge in [0.25, 0.3) is 0 Å². The molecule has 106 valence electrons. The van der Waals surface area contributed by atoms with Crippen molar-refractivity contribution in [3.05, 3.63) is 35.9 Å². The van der Waals surface area contributed by atoms with E-state index in [2.05, 4.69) is 5.43 Å². The van der Waals surface area contributed by atoms with Crippen LogP contribution in [0.2, 0.25) is 0 Å². The maximum Gasteiger partial charge on any atom is 0.392 e. The maximum atomic E-state index is 13.1. The summed E-state index contributed by atoms with van der Waals surface area (Å²) in [5.41, 5.74) is 3.42. The molecule has 2 rings (SSSR count). The van der Waals surface area contributed by atoms with Crippen LogP contribution in [-0.4, -0.2) is 6.18 Å². The SMILES string of the molecule is NNC(c1ccccc1)C1CCCCC1C(F)(F)F. The fourth-order valence-electron chi connectivity index (χ4n) is 3.09. The maximum absolute atomic E-state index is 13.1. The Morgan fingerprint density at radius 3 is 2.32 bits per heavy atom. The van der Waals surface area contributed by atoms with Gasteiger partial charge in [-0.25, -0.2) is 0 Å². The van der Waals surface area contributed by atoms with E-state index in [9.17, 15) is 13.2 Å². The monoisotopic (exact) mass is 272 g/mol. The molecule has 1 aromatic rings. The highest BCUT2D eigenvalue weighted by molar-refractivity contribution is 5.20. The van der Waals surface area contributed by atoms with Crippen molar-refractivity contribution >= 4 is 0 Å². The third kappa shape index (κ3) is 3.28. The Labute approximate surface area is 111 Å². The van der Waals surface area contributed by atoms with Gasteiger partial charge >= 0.3 is 6.18 Å². The summed E-state index contributed by atoms with van der Waals surface area (Å²) >= 11 is 0. The van der Waals surface area contributed by atoms with Gasteiger partial charge in [0.05, 0.1) is 5.92 Å². The number of halogens is 3. The van der Waals surface area contributed by atoms with Crippen molar-refractivity contribution in [2.24, 2.45) is 17.7 Å². The number of rotatable bonds is 3. The second-order valence-corrected chi connectivity index (χ2v) is 5.15. The third-order valence-electron chi connectivity index (χ3n) is 4.01. The zero-order valence-corrected chi connectivity index (χ0v) is 10.7. The van der Waals surface area contributed by atoms with Gasteiger partial charge in [-0.1, -0.05) is 43.2 Å². The molecule has 0 aliphatic heterocycles. The first-order chi connectivity index (χ1) is 9.04. The van der Waals surface area contributed by atoms with E-state index in [0.29, 0.717) is 12.8 Å². The molecule has 0 bridgehead atoms. The molecule has 1 saturated carbocycles. The van der Waals surface area contributed by atoms with Crippen LogP contribution in [0.25, 0.3) is 0 Å². The second-order valence-electron chi connectivity index (χ2n) is 5.15. The molecule has 5 heteroatoms. The predicted molar refractivity (Wildman–Crippen MR) is 68.0 cm³/mol. The number of nitrogens with one attached hydrogen (secondary N) is 1. The minimum absolute atomic E-state index is 0.208. The van der Waals surface area contributed by atoms with Crippen LogP contribution in [0, 0.1) is 11.8 Å². The molecule has 1 aliphatic rings. The fourth-order valence-corrected chi connectivity index (χ4v) is 3.09. The molecule has 0 aromatic heterocycles. The van der Waals surface area contributed by atoms with E-state index in [0.717, 1.165) is 12.0 Å². The van der Waals surface area contributed by atoms with Crippen molar-refractivity contribution in [3.8, 4) is 0 Å². The van der Waals surface area contributed by atoms with E-state index in [-0.39, 0.29) is 6.42 Å². The summed E-state index contributed by atoms with van der Waals surface area (Å²) in [6.45, 7) is 0. The van der Waals surface area contributed by atoms with E-state index in [1.54, 1.807) is 0 Å². The summed E-state index contributed by atoms with van der Waals surface area (Å²) in [7, 11) is 0. The lowest BCUT2D eigenvalue weighted by Crippen LogP contribution is -2.42. The number of hydrogen-bond donors (Lipinski definition) is 2. The first kappa shape index (κ1) is 14.3. The number of hydrogen-bond acceptors (Lipinski definition) is 2. The Kier molecular flexibility index (Phi) is 4.47. The highest BCUT2D eigenvalue weighted by Gasteiger charge is 2.47. The first-order valence-corrected chi connectivity index (χ1v) is 6.62. The molecule has 3 N–H and O–H groups in total. The molecule has 0 heterocycles. The molecule has 1 aromatic carbocycles. The predicted octanol–water partition coefficient (Wildman–Crippen LogP) is 3.56. The molecule has 0 radical (unpaired) electrons. The highest BCUT2D eigenvalue weighted by atomic mass is 19.4. The van der Waals surface area contributed by atoms with E-state index >= 15 is 0 Å². The summed E-state index contributed by atoms with van der Waals surface area (Å²) in [6.07, 6.45) is -1.89. The van der Waals surface area contributed by atoms with E-state index in [1.165, 1.54) is 0 Å². The average molecular weight is 272 g/mol. The molecule has 2 nitrogen and oxygen atoms in total. The molecule has 1 fully saturated rings. The van der Waals surface area contributed by atoms with E-state index < -0.39 is 24.1 Å². The molecule has 1 aliphatic carbocycles. The smallest absolute Gasteiger partial charge is 0.271 e. The van der Waals surface area contributed by atoms with Crippen LogP contribution in [0.1, 0.15) is 37.3 Å². The zero-order chi connectivity index (χ0) is 13.9. The van der Waals surface area contributed by atoms with E-state index in [1.807, 2.05) is 30.3 Å². The zero-order valence-electron chi connectivity index (χ0n) is 10.7. The molecular weight excluding hydrogens is 253 g/mol. The highest BCUT2D eigenvalue weighted by Crippen LogP contribution is 2.46. The van der Waals surface area contributed by atoms with Crippen molar-refractivity contribution in [2.45, 2.75) is 37.9 Å². The van der Waals surface area contributed by atoms with Crippen molar-refractivity contribution < 1.29 is 13.2 Å². The minimum Gasteiger partial charge on any atom is -0.271 e. The molecule has 0 saturated heterocycles. The Hall–Kier alpha value is -1.07. The molecule has 3 atom stereocenters. The Morgan fingerprint density at radius 1 is 1.11 bits per heavy atom. The van der Waals surface area contributed by atoms with Crippen molar-refractivity contribution in [1.29, 1.82) is 0 Å². The lowest BCUT2D eigenvalue weighted by Gasteiger charge is -2.38. The topological polar surface area (TPSA) is 38.0 Å². The van der Waals surface area contributed by atoms with Crippen LogP contribution in [-0.2, 0) is 0 Å². The van der Waals surface area contributed by atoms with Crippen molar-refractivity contribution in [3.63, 3.8) is 0 Å². The van der Waals surface area contributed by atoms with Crippen LogP contribution in [0.4, 0.5) is 13.2 Å². The number of alkyl halides is 3. The number of benzene rings is 1. The lowest BCUT2D eigenvalue weighted by molar-refractivity contribution is -0.199. The van der Waals surface area contributed by atoms with Gasteiger partial charge in [0.1, 0.15) is 0 Å². The summed E-state index contributed by atoms with van der Waals surface area (Å²) in [4.78, 5) is 0. The largest absolute Gasteiger partial charge is 0.392 e. The van der Waals surface area contributed by atoms with Crippen LogP contribution in [0.15, 0.2) is 30.3 Å². The van der Waals surface area contributed by atoms with Gasteiger partial charge in [-0.3, -0.25) is 11.3 Å². The van der Waals surface area contributed by atoms with Gasteiger partial charge in [-0.15, -0.1) is 0 Å². The second kappa shape index (κ2) is 5.92. The third-order valence-corrected chi connectivity index (χ3v) is 4.01. The number of nitrogens with two attached hydrogens (primary N) is 1. The number of hydrazine groups is 1. The van der Waals surface area contributed by atoms with Crippen LogP contribution >= 0.6 is 0 Å². The summed E-state index contributed by atoms with van der Waals surface area (Å²) in [6, 6.07) is 8.71. The van der Waals surface area contributed by atoms with Crippen molar-refractivity contribution in [2.75, 3.05) is 0 Å². The van der Waals surface area contributed by atoms with Gasteiger partial charge < -0.3 is 0 Å². The van der Waals surface area contributed by atoms with Crippen LogP contribution in [0.3, 0.4) is 0 Å². The summed E-state index contributed by atoms with van der Waals surface area (Å²) < 4.78 is 39.4. The lowest BCUT2D eigenvalue weighted by atomic mass is 9.73. The van der Waals surface area contributed by atoms with Gasteiger partial charge in [0.15, 0.2) is 0 Å². The van der Waals surface area contributed by atoms with Gasteiger partial charge in [0, 0.05) is 6.04 Å². The molecule has 19 heavy (non-hydrogen) atoms. The van der Waals surface area contributed by atoms with Crippen molar-refractivity contribution in [1.82, 2.24) is 5.43 Å². The van der Waals surface area contributed by atoms with Gasteiger partial charge in [-0.05, 0) is 24.3 Å². The average Bonchev–Trinajstić information content (AvgIpc) is 2.40. The molecule has 0 spiro atoms. The quantitative estimate of drug-likeness (QED) is 0.652. The standard InChI is InChI=1S/C14H19F3N2/c15-14(16,17)12-9-5-4-8-11(12)13(19-18)10-6-2-1-3-7-10/h1-3,6-7,11-13,19H,4-5,8-9,18H2. The summed E-state index contributed by atoms with van der Waals surface area (Å²) in [5, 5.41) is 0. The first-order valence-electron chi connectivity index (χ1n) is 6.62. The Morgan fingerprint density at radius 2 is 1.74 bits per heavy atom. The van der Waals surface area contributed by atoms with Gasteiger partial charge in [-0.2, -0.15) is 13.2 Å². The molecular formula is C14H19F3N2. The Bertz CT molecular complexity index is 391. The normalized spacial score (nSPS) is 26.1. The summed E-state index contributed by atoms with van der Waals surface area (Å²) in [5.74, 6) is 3.78. The van der Waals surface area contributed by atoms with Crippen LogP contribution in [0.5, 0.6) is 0 Å². The fraction of sp³-hybridized carbons (Fsp3) is 0.571. The van der Waals surface area contributed by atoms with E-state index in [4.69, 9.17) is 5.84 Å². The minimum atomic E-state index is -4.14. The molecule has 3 unspecified atom stereocenters. The van der Waals surface area contributed by atoms with Gasteiger partial charge in [0.2, 0.25) is 0 Å². The Balaban J connectivity index is 2.25.